The van der Waals surface area contributed by atoms with E-state index in [1.165, 1.54) is 0 Å². The zero-order valence-electron chi connectivity index (χ0n) is 9.40. The molecule has 0 heterocycles. The summed E-state index contributed by atoms with van der Waals surface area (Å²) in [7, 11) is 0. The maximum Gasteiger partial charge on any atom is 0.254 e. The molecule has 0 aliphatic heterocycles. The van der Waals surface area contributed by atoms with Crippen molar-refractivity contribution in [1.82, 2.24) is 4.90 Å². The highest BCUT2D eigenvalue weighted by atomic mass is 79.9. The van der Waals surface area contributed by atoms with Crippen LogP contribution in [0.5, 0.6) is 0 Å². The second kappa shape index (κ2) is 5.33. The van der Waals surface area contributed by atoms with Crippen molar-refractivity contribution in [1.29, 1.82) is 5.26 Å². The van der Waals surface area contributed by atoms with E-state index in [-0.39, 0.29) is 5.91 Å². The topological polar surface area (TPSA) is 44.1 Å². The van der Waals surface area contributed by atoms with Gasteiger partial charge in [0, 0.05) is 22.6 Å². The minimum Gasteiger partial charge on any atom is -0.335 e. The molecule has 1 aromatic rings. The monoisotopic (exact) mass is 292 g/mol. The number of benzene rings is 1. The number of rotatable bonds is 4. The minimum absolute atomic E-state index is 0.0315. The Kier molecular flexibility index (Phi) is 3.80. The Morgan fingerprint density at radius 2 is 2.29 bits per heavy atom. The fraction of sp³-hybridized carbons (Fsp3) is 0.385. The third-order valence-electron chi connectivity index (χ3n) is 2.78. The van der Waals surface area contributed by atoms with Crippen LogP contribution in [0, 0.1) is 11.3 Å². The molecule has 1 fully saturated rings. The highest BCUT2D eigenvalue weighted by molar-refractivity contribution is 9.10. The molecule has 1 aliphatic carbocycles. The van der Waals surface area contributed by atoms with Gasteiger partial charge < -0.3 is 4.90 Å². The van der Waals surface area contributed by atoms with Gasteiger partial charge in [-0.1, -0.05) is 22.0 Å². The highest BCUT2D eigenvalue weighted by Crippen LogP contribution is 2.28. The van der Waals surface area contributed by atoms with Crippen LogP contribution in [0.15, 0.2) is 28.7 Å². The number of carbonyl (C=O) groups excluding carboxylic acids is 1. The summed E-state index contributed by atoms with van der Waals surface area (Å²) >= 11 is 3.36. The summed E-state index contributed by atoms with van der Waals surface area (Å²) in [5.74, 6) is 0.0315. The van der Waals surface area contributed by atoms with Crippen LogP contribution in [-0.2, 0) is 0 Å². The van der Waals surface area contributed by atoms with Crippen LogP contribution >= 0.6 is 15.9 Å². The average Bonchev–Trinajstić information content (AvgIpc) is 3.14. The fourth-order valence-electron chi connectivity index (χ4n) is 1.79. The number of carbonyl (C=O) groups is 1. The van der Waals surface area contributed by atoms with Crippen molar-refractivity contribution in [2.24, 2.45) is 0 Å². The molecule has 3 nitrogen and oxygen atoms in total. The summed E-state index contributed by atoms with van der Waals surface area (Å²) in [6, 6.07) is 9.83. The molecular weight excluding hydrogens is 280 g/mol. The maximum atomic E-state index is 12.3. The number of halogens is 1. The van der Waals surface area contributed by atoms with Gasteiger partial charge in [0.25, 0.3) is 5.91 Å². The van der Waals surface area contributed by atoms with Crippen molar-refractivity contribution >= 4 is 21.8 Å². The van der Waals surface area contributed by atoms with Crippen LogP contribution in [0.3, 0.4) is 0 Å². The Hall–Kier alpha value is -1.34. The van der Waals surface area contributed by atoms with Crippen LogP contribution in [0.25, 0.3) is 0 Å². The third-order valence-corrected chi connectivity index (χ3v) is 3.28. The SMILES string of the molecule is N#CCCN(C(=O)c1cccc(Br)c1)C1CC1. The molecule has 0 aromatic heterocycles. The predicted octanol–water partition coefficient (Wildman–Crippen LogP) is 2.97. The molecule has 17 heavy (non-hydrogen) atoms. The second-order valence-corrected chi connectivity index (χ2v) is 5.06. The summed E-state index contributed by atoms with van der Waals surface area (Å²) in [4.78, 5) is 14.1. The molecule has 1 aliphatic rings. The van der Waals surface area contributed by atoms with Crippen molar-refractivity contribution in [3.05, 3.63) is 34.3 Å². The second-order valence-electron chi connectivity index (χ2n) is 4.15. The Morgan fingerprint density at radius 1 is 1.53 bits per heavy atom. The first-order valence-electron chi connectivity index (χ1n) is 5.66. The van der Waals surface area contributed by atoms with E-state index in [4.69, 9.17) is 5.26 Å². The maximum absolute atomic E-state index is 12.3. The zero-order valence-corrected chi connectivity index (χ0v) is 11.0. The van der Waals surface area contributed by atoms with Gasteiger partial charge in [0.15, 0.2) is 0 Å². The standard InChI is InChI=1S/C13H13BrN2O/c14-11-4-1-3-10(9-11)13(17)16(8-2-7-15)12-5-6-12/h1,3-4,9,12H,2,5-6,8H2. The van der Waals surface area contributed by atoms with Gasteiger partial charge in [0.1, 0.15) is 0 Å². The minimum atomic E-state index is 0.0315. The summed E-state index contributed by atoms with van der Waals surface area (Å²) in [6.07, 6.45) is 2.52. The Balaban J connectivity index is 2.13. The van der Waals surface area contributed by atoms with Crippen molar-refractivity contribution in [3.63, 3.8) is 0 Å². The van der Waals surface area contributed by atoms with E-state index >= 15 is 0 Å². The molecule has 1 saturated carbocycles. The number of nitriles is 1. The van der Waals surface area contributed by atoms with Crippen molar-refractivity contribution < 1.29 is 4.79 Å². The summed E-state index contributed by atoms with van der Waals surface area (Å²) in [5.41, 5.74) is 0.684. The van der Waals surface area contributed by atoms with Crippen LogP contribution in [0.4, 0.5) is 0 Å². The molecule has 1 amide bonds. The first-order chi connectivity index (χ1) is 8.22. The quantitative estimate of drug-likeness (QED) is 0.856. The van der Waals surface area contributed by atoms with Crippen LogP contribution in [0.2, 0.25) is 0 Å². The number of hydrogen-bond acceptors (Lipinski definition) is 2. The van der Waals surface area contributed by atoms with E-state index in [1.807, 2.05) is 29.2 Å². The fourth-order valence-corrected chi connectivity index (χ4v) is 2.19. The van der Waals surface area contributed by atoms with Crippen LogP contribution in [0.1, 0.15) is 29.6 Å². The Bertz CT molecular complexity index is 463. The molecule has 0 N–H and O–H groups in total. The third kappa shape index (κ3) is 3.07. The van der Waals surface area contributed by atoms with Gasteiger partial charge in [-0.05, 0) is 31.0 Å². The molecule has 88 valence electrons. The first-order valence-corrected chi connectivity index (χ1v) is 6.45. The summed E-state index contributed by atoms with van der Waals surface area (Å²) < 4.78 is 0.902. The normalized spacial score (nSPS) is 14.1. The lowest BCUT2D eigenvalue weighted by atomic mass is 10.2. The molecule has 0 bridgehead atoms. The first kappa shape index (κ1) is 12.1. The number of nitrogens with zero attached hydrogens (tertiary/aromatic N) is 2. The average molecular weight is 293 g/mol. The summed E-state index contributed by atoms with van der Waals surface area (Å²) in [5, 5.41) is 8.62. The molecular formula is C13H13BrN2O. The van der Waals surface area contributed by atoms with Crippen molar-refractivity contribution in [3.8, 4) is 6.07 Å². The van der Waals surface area contributed by atoms with E-state index < -0.39 is 0 Å². The lowest BCUT2D eigenvalue weighted by Crippen LogP contribution is -2.33. The lowest BCUT2D eigenvalue weighted by molar-refractivity contribution is 0.0747. The van der Waals surface area contributed by atoms with E-state index in [9.17, 15) is 4.79 Å². The summed E-state index contributed by atoms with van der Waals surface area (Å²) in [6.45, 7) is 0.534. The van der Waals surface area contributed by atoms with E-state index in [0.29, 0.717) is 24.6 Å². The van der Waals surface area contributed by atoms with Gasteiger partial charge in [-0.3, -0.25) is 4.79 Å². The van der Waals surface area contributed by atoms with Crippen molar-refractivity contribution in [2.75, 3.05) is 6.54 Å². The Labute approximate surface area is 109 Å². The van der Waals surface area contributed by atoms with Gasteiger partial charge in [-0.2, -0.15) is 5.26 Å². The molecule has 0 radical (unpaired) electrons. The van der Waals surface area contributed by atoms with Crippen molar-refractivity contribution in [2.45, 2.75) is 25.3 Å². The molecule has 4 heteroatoms. The van der Waals surface area contributed by atoms with E-state index in [2.05, 4.69) is 22.0 Å². The molecule has 2 rings (SSSR count). The molecule has 0 spiro atoms. The Morgan fingerprint density at radius 3 is 2.88 bits per heavy atom. The zero-order chi connectivity index (χ0) is 12.3. The van der Waals surface area contributed by atoms with Gasteiger partial charge in [0.2, 0.25) is 0 Å². The number of hydrogen-bond donors (Lipinski definition) is 0. The van der Waals surface area contributed by atoms with E-state index in [1.54, 1.807) is 0 Å². The van der Waals surface area contributed by atoms with Gasteiger partial charge in [0.05, 0.1) is 12.5 Å². The van der Waals surface area contributed by atoms with Gasteiger partial charge >= 0.3 is 0 Å². The lowest BCUT2D eigenvalue weighted by Gasteiger charge is -2.21. The van der Waals surface area contributed by atoms with Crippen LogP contribution in [-0.4, -0.2) is 23.4 Å². The highest BCUT2D eigenvalue weighted by Gasteiger charge is 2.32. The van der Waals surface area contributed by atoms with Crippen LogP contribution < -0.4 is 0 Å². The molecule has 1 aromatic carbocycles. The van der Waals surface area contributed by atoms with E-state index in [0.717, 1.165) is 17.3 Å². The largest absolute Gasteiger partial charge is 0.335 e. The smallest absolute Gasteiger partial charge is 0.254 e. The predicted molar refractivity (Wildman–Crippen MR) is 68.4 cm³/mol. The molecule has 0 saturated heterocycles. The number of amides is 1. The molecule has 0 atom stereocenters. The molecule has 0 unspecified atom stereocenters. The van der Waals surface area contributed by atoms with Gasteiger partial charge in [-0.25, -0.2) is 0 Å². The van der Waals surface area contributed by atoms with Gasteiger partial charge in [-0.15, -0.1) is 0 Å².